The summed E-state index contributed by atoms with van der Waals surface area (Å²) in [7, 11) is 2.15. The smallest absolute Gasteiger partial charge is 0.130 e. The Hall–Kier alpha value is -1.85. The highest BCUT2D eigenvalue weighted by Gasteiger charge is 2.17. The van der Waals surface area contributed by atoms with Crippen LogP contribution in [0.5, 0.6) is 0 Å². The van der Waals surface area contributed by atoms with Gasteiger partial charge in [0.1, 0.15) is 5.82 Å². The summed E-state index contributed by atoms with van der Waals surface area (Å²) in [6.07, 6.45) is 6.29. The number of likely N-dealkylation sites (N-methyl/N-ethyl adjacent to an activating group) is 1. The summed E-state index contributed by atoms with van der Waals surface area (Å²) in [6, 6.07) is 6.31. The topological polar surface area (TPSA) is 53.9 Å². The molecule has 1 aliphatic heterocycles. The first-order valence-electron chi connectivity index (χ1n) is 6.95. The minimum absolute atomic E-state index is 0.429. The van der Waals surface area contributed by atoms with E-state index in [0.717, 1.165) is 43.1 Å². The molecule has 5 heteroatoms. The largest absolute Gasteiger partial charge is 0.311 e. The lowest BCUT2D eigenvalue weighted by atomic mass is 10.1. The van der Waals surface area contributed by atoms with Crippen LogP contribution in [0.3, 0.4) is 0 Å². The van der Waals surface area contributed by atoms with E-state index in [0.29, 0.717) is 6.04 Å². The SMILES string of the molecule is CN1CCNC(Cc2nccc(-c3cccnc3)n2)C1. The highest BCUT2D eigenvalue weighted by molar-refractivity contribution is 5.56. The average molecular weight is 269 g/mol. The predicted molar refractivity (Wildman–Crippen MR) is 78.3 cm³/mol. The van der Waals surface area contributed by atoms with Crippen molar-refractivity contribution in [1.82, 2.24) is 25.2 Å². The van der Waals surface area contributed by atoms with Crippen molar-refractivity contribution in [1.29, 1.82) is 0 Å². The Kier molecular flexibility index (Phi) is 3.99. The van der Waals surface area contributed by atoms with Crippen LogP contribution in [0.4, 0.5) is 0 Å². The molecule has 0 bridgehead atoms. The van der Waals surface area contributed by atoms with Crippen molar-refractivity contribution >= 4 is 0 Å². The molecule has 2 aromatic heterocycles. The monoisotopic (exact) mass is 269 g/mol. The maximum absolute atomic E-state index is 4.65. The van der Waals surface area contributed by atoms with Gasteiger partial charge in [0.15, 0.2) is 0 Å². The van der Waals surface area contributed by atoms with Crippen LogP contribution in [0.2, 0.25) is 0 Å². The Labute approximate surface area is 119 Å². The second kappa shape index (κ2) is 6.07. The van der Waals surface area contributed by atoms with E-state index in [-0.39, 0.29) is 0 Å². The lowest BCUT2D eigenvalue weighted by Crippen LogP contribution is -2.50. The van der Waals surface area contributed by atoms with E-state index in [1.807, 2.05) is 30.6 Å². The summed E-state index contributed by atoms with van der Waals surface area (Å²) in [5, 5.41) is 3.52. The average Bonchev–Trinajstić information content (AvgIpc) is 2.48. The molecule has 3 heterocycles. The first kappa shape index (κ1) is 13.1. The first-order valence-corrected chi connectivity index (χ1v) is 6.95. The zero-order chi connectivity index (χ0) is 13.8. The highest BCUT2D eigenvalue weighted by atomic mass is 15.2. The van der Waals surface area contributed by atoms with Crippen LogP contribution < -0.4 is 5.32 Å². The molecule has 0 radical (unpaired) electrons. The molecule has 5 nitrogen and oxygen atoms in total. The lowest BCUT2D eigenvalue weighted by molar-refractivity contribution is 0.236. The van der Waals surface area contributed by atoms with Gasteiger partial charge < -0.3 is 10.2 Å². The van der Waals surface area contributed by atoms with Gasteiger partial charge in [-0.15, -0.1) is 0 Å². The summed E-state index contributed by atoms with van der Waals surface area (Å²) in [5.41, 5.74) is 1.97. The number of piperazine rings is 1. The molecule has 1 unspecified atom stereocenters. The Bertz CT molecular complexity index is 557. The van der Waals surface area contributed by atoms with Crippen molar-refractivity contribution in [3.05, 3.63) is 42.6 Å². The molecular weight excluding hydrogens is 250 g/mol. The van der Waals surface area contributed by atoms with Crippen molar-refractivity contribution < 1.29 is 0 Å². The first-order chi connectivity index (χ1) is 9.81. The Morgan fingerprint density at radius 2 is 2.30 bits per heavy atom. The second-order valence-corrected chi connectivity index (χ2v) is 5.22. The zero-order valence-corrected chi connectivity index (χ0v) is 11.7. The molecule has 20 heavy (non-hydrogen) atoms. The van der Waals surface area contributed by atoms with Crippen LogP contribution in [0.1, 0.15) is 5.82 Å². The predicted octanol–water partition coefficient (Wildman–Crippen LogP) is 0.985. The van der Waals surface area contributed by atoms with Crippen LogP contribution in [0, 0.1) is 0 Å². The fourth-order valence-corrected chi connectivity index (χ4v) is 2.52. The quantitative estimate of drug-likeness (QED) is 0.900. The third-order valence-electron chi connectivity index (χ3n) is 3.55. The number of aromatic nitrogens is 3. The number of pyridine rings is 1. The minimum atomic E-state index is 0.429. The van der Waals surface area contributed by atoms with Gasteiger partial charge in [-0.25, -0.2) is 9.97 Å². The van der Waals surface area contributed by atoms with Gasteiger partial charge in [0.25, 0.3) is 0 Å². The molecular formula is C15H19N5. The fourth-order valence-electron chi connectivity index (χ4n) is 2.52. The number of nitrogens with one attached hydrogen (secondary N) is 1. The summed E-state index contributed by atoms with van der Waals surface area (Å²) >= 11 is 0. The summed E-state index contributed by atoms with van der Waals surface area (Å²) in [5.74, 6) is 0.888. The van der Waals surface area contributed by atoms with Gasteiger partial charge in [-0.1, -0.05) is 0 Å². The zero-order valence-electron chi connectivity index (χ0n) is 11.7. The van der Waals surface area contributed by atoms with Gasteiger partial charge in [0, 0.05) is 56.3 Å². The van der Waals surface area contributed by atoms with Crippen LogP contribution in [0.15, 0.2) is 36.8 Å². The van der Waals surface area contributed by atoms with E-state index in [4.69, 9.17) is 0 Å². The molecule has 0 aromatic carbocycles. The van der Waals surface area contributed by atoms with Gasteiger partial charge in [-0.05, 0) is 25.2 Å². The summed E-state index contributed by atoms with van der Waals surface area (Å²) < 4.78 is 0. The van der Waals surface area contributed by atoms with Gasteiger partial charge in [-0.3, -0.25) is 4.98 Å². The van der Waals surface area contributed by atoms with Gasteiger partial charge in [0.05, 0.1) is 5.69 Å². The molecule has 0 amide bonds. The maximum atomic E-state index is 4.65. The third kappa shape index (κ3) is 3.18. The van der Waals surface area contributed by atoms with Crippen LogP contribution in [-0.4, -0.2) is 52.6 Å². The molecule has 1 saturated heterocycles. The third-order valence-corrected chi connectivity index (χ3v) is 3.55. The van der Waals surface area contributed by atoms with E-state index in [1.54, 1.807) is 6.20 Å². The molecule has 0 spiro atoms. The Morgan fingerprint density at radius 3 is 3.10 bits per heavy atom. The van der Waals surface area contributed by atoms with E-state index < -0.39 is 0 Å². The van der Waals surface area contributed by atoms with Crippen molar-refractivity contribution in [2.45, 2.75) is 12.5 Å². The van der Waals surface area contributed by atoms with Crippen LogP contribution >= 0.6 is 0 Å². The molecule has 2 aromatic rings. The van der Waals surface area contributed by atoms with Gasteiger partial charge in [0.2, 0.25) is 0 Å². The Morgan fingerprint density at radius 1 is 1.35 bits per heavy atom. The van der Waals surface area contributed by atoms with Gasteiger partial charge in [-0.2, -0.15) is 0 Å². The van der Waals surface area contributed by atoms with Crippen LogP contribution in [0.25, 0.3) is 11.3 Å². The molecule has 1 aliphatic rings. The van der Waals surface area contributed by atoms with Gasteiger partial charge >= 0.3 is 0 Å². The number of rotatable bonds is 3. The minimum Gasteiger partial charge on any atom is -0.311 e. The molecule has 0 saturated carbocycles. The fraction of sp³-hybridized carbons (Fsp3) is 0.400. The lowest BCUT2D eigenvalue weighted by Gasteiger charge is -2.30. The second-order valence-electron chi connectivity index (χ2n) is 5.22. The number of nitrogens with zero attached hydrogens (tertiary/aromatic N) is 4. The summed E-state index contributed by atoms with van der Waals surface area (Å²) in [6.45, 7) is 3.18. The molecule has 0 aliphatic carbocycles. The number of hydrogen-bond acceptors (Lipinski definition) is 5. The molecule has 1 atom stereocenters. The summed E-state index contributed by atoms with van der Waals surface area (Å²) in [4.78, 5) is 15.5. The molecule has 104 valence electrons. The number of hydrogen-bond donors (Lipinski definition) is 1. The molecule has 1 fully saturated rings. The van der Waals surface area contributed by atoms with Crippen molar-refractivity contribution in [2.24, 2.45) is 0 Å². The van der Waals surface area contributed by atoms with Crippen molar-refractivity contribution in [2.75, 3.05) is 26.7 Å². The van der Waals surface area contributed by atoms with Crippen molar-refractivity contribution in [3.8, 4) is 11.3 Å². The van der Waals surface area contributed by atoms with E-state index in [2.05, 4.69) is 32.2 Å². The standard InChI is InChI=1S/C15H19N5/c1-20-8-7-17-13(11-20)9-15-18-6-4-14(19-15)12-3-2-5-16-10-12/h2-6,10,13,17H,7-9,11H2,1H3. The normalized spacial score (nSPS) is 19.9. The highest BCUT2D eigenvalue weighted by Crippen LogP contribution is 2.15. The van der Waals surface area contributed by atoms with E-state index >= 15 is 0 Å². The van der Waals surface area contributed by atoms with E-state index in [9.17, 15) is 0 Å². The van der Waals surface area contributed by atoms with Crippen molar-refractivity contribution in [3.63, 3.8) is 0 Å². The molecule has 3 rings (SSSR count). The van der Waals surface area contributed by atoms with E-state index in [1.165, 1.54) is 0 Å². The molecule has 1 N–H and O–H groups in total. The Balaban J connectivity index is 1.74. The maximum Gasteiger partial charge on any atom is 0.130 e. The van der Waals surface area contributed by atoms with Crippen LogP contribution in [-0.2, 0) is 6.42 Å².